The SMILES string of the molecule is C=CC1C(C)=CCCC1C. The van der Waals surface area contributed by atoms with Crippen molar-refractivity contribution in [3.63, 3.8) is 0 Å². The maximum Gasteiger partial charge on any atom is -0.000296 e. The summed E-state index contributed by atoms with van der Waals surface area (Å²) < 4.78 is 0. The van der Waals surface area contributed by atoms with Crippen molar-refractivity contribution in [2.75, 3.05) is 0 Å². The molecule has 0 saturated heterocycles. The second kappa shape index (κ2) is 3.05. The summed E-state index contributed by atoms with van der Waals surface area (Å²) in [5, 5.41) is 0. The van der Waals surface area contributed by atoms with E-state index in [0.717, 1.165) is 5.92 Å². The molecule has 1 aliphatic carbocycles. The highest BCUT2D eigenvalue weighted by molar-refractivity contribution is 5.13. The molecule has 0 N–H and O–H groups in total. The molecule has 10 heavy (non-hydrogen) atoms. The van der Waals surface area contributed by atoms with Gasteiger partial charge in [0.25, 0.3) is 0 Å². The summed E-state index contributed by atoms with van der Waals surface area (Å²) in [7, 11) is 0. The number of hydrogen-bond donors (Lipinski definition) is 0. The summed E-state index contributed by atoms with van der Waals surface area (Å²) in [4.78, 5) is 0. The summed E-state index contributed by atoms with van der Waals surface area (Å²) in [6.45, 7) is 8.36. The van der Waals surface area contributed by atoms with Gasteiger partial charge in [0.15, 0.2) is 0 Å². The van der Waals surface area contributed by atoms with Crippen molar-refractivity contribution < 1.29 is 0 Å². The fourth-order valence-corrected chi connectivity index (χ4v) is 1.76. The lowest BCUT2D eigenvalue weighted by Gasteiger charge is -2.25. The third-order valence-electron chi connectivity index (χ3n) is 2.48. The molecule has 0 radical (unpaired) electrons. The number of allylic oxidation sites excluding steroid dienone is 3. The highest BCUT2D eigenvalue weighted by Crippen LogP contribution is 2.30. The van der Waals surface area contributed by atoms with Crippen LogP contribution < -0.4 is 0 Å². The van der Waals surface area contributed by atoms with Crippen molar-refractivity contribution in [2.24, 2.45) is 11.8 Å². The van der Waals surface area contributed by atoms with Crippen molar-refractivity contribution in [3.8, 4) is 0 Å². The van der Waals surface area contributed by atoms with Crippen molar-refractivity contribution in [1.82, 2.24) is 0 Å². The summed E-state index contributed by atoms with van der Waals surface area (Å²) >= 11 is 0. The van der Waals surface area contributed by atoms with Gasteiger partial charge < -0.3 is 0 Å². The van der Waals surface area contributed by atoms with Gasteiger partial charge in [0.2, 0.25) is 0 Å². The molecular weight excluding hydrogens is 120 g/mol. The summed E-state index contributed by atoms with van der Waals surface area (Å²) in [6.07, 6.45) is 7.01. The van der Waals surface area contributed by atoms with Gasteiger partial charge in [0.05, 0.1) is 0 Å². The van der Waals surface area contributed by atoms with Crippen molar-refractivity contribution in [2.45, 2.75) is 26.7 Å². The zero-order chi connectivity index (χ0) is 7.56. The molecule has 0 saturated carbocycles. The fourth-order valence-electron chi connectivity index (χ4n) is 1.76. The van der Waals surface area contributed by atoms with Gasteiger partial charge in [-0.25, -0.2) is 0 Å². The van der Waals surface area contributed by atoms with Crippen LogP contribution in [0.4, 0.5) is 0 Å². The fraction of sp³-hybridized carbons (Fsp3) is 0.600. The minimum Gasteiger partial charge on any atom is -0.102 e. The first kappa shape index (κ1) is 7.59. The Labute approximate surface area is 63.6 Å². The van der Waals surface area contributed by atoms with E-state index in [1.54, 1.807) is 0 Å². The first-order valence-electron chi connectivity index (χ1n) is 4.05. The molecule has 0 nitrogen and oxygen atoms in total. The molecule has 0 heteroatoms. The molecule has 0 bridgehead atoms. The van der Waals surface area contributed by atoms with Crippen LogP contribution >= 0.6 is 0 Å². The smallest absolute Gasteiger partial charge is 0.000296 e. The van der Waals surface area contributed by atoms with Crippen molar-refractivity contribution >= 4 is 0 Å². The van der Waals surface area contributed by atoms with E-state index in [9.17, 15) is 0 Å². The van der Waals surface area contributed by atoms with Crippen LogP contribution in [0.3, 0.4) is 0 Å². The molecule has 0 spiro atoms. The molecule has 0 heterocycles. The average molecular weight is 136 g/mol. The Morgan fingerprint density at radius 2 is 2.40 bits per heavy atom. The van der Waals surface area contributed by atoms with Gasteiger partial charge in [-0.05, 0) is 31.6 Å². The van der Waals surface area contributed by atoms with Crippen LogP contribution in [0.1, 0.15) is 26.7 Å². The highest BCUT2D eigenvalue weighted by atomic mass is 14.2. The largest absolute Gasteiger partial charge is 0.102 e. The van der Waals surface area contributed by atoms with Gasteiger partial charge in [-0.15, -0.1) is 6.58 Å². The molecule has 2 atom stereocenters. The third-order valence-corrected chi connectivity index (χ3v) is 2.48. The van der Waals surface area contributed by atoms with Crippen LogP contribution in [-0.4, -0.2) is 0 Å². The van der Waals surface area contributed by atoms with Crippen LogP contribution in [0.2, 0.25) is 0 Å². The Bertz CT molecular complexity index is 153. The van der Waals surface area contributed by atoms with Gasteiger partial charge in [0, 0.05) is 0 Å². The van der Waals surface area contributed by atoms with E-state index >= 15 is 0 Å². The van der Waals surface area contributed by atoms with E-state index < -0.39 is 0 Å². The van der Waals surface area contributed by atoms with Crippen LogP contribution in [-0.2, 0) is 0 Å². The Morgan fingerprint density at radius 3 is 2.80 bits per heavy atom. The predicted octanol–water partition coefficient (Wildman–Crippen LogP) is 3.16. The Kier molecular flexibility index (Phi) is 2.31. The average Bonchev–Trinajstić information content (AvgIpc) is 1.88. The Hall–Kier alpha value is -0.520. The second-order valence-corrected chi connectivity index (χ2v) is 3.26. The quantitative estimate of drug-likeness (QED) is 0.486. The van der Waals surface area contributed by atoms with Crippen molar-refractivity contribution in [3.05, 3.63) is 24.3 Å². The van der Waals surface area contributed by atoms with Gasteiger partial charge in [-0.2, -0.15) is 0 Å². The molecular formula is C10H16. The number of hydrogen-bond acceptors (Lipinski definition) is 0. The van der Waals surface area contributed by atoms with Crippen LogP contribution in [0.5, 0.6) is 0 Å². The maximum atomic E-state index is 3.84. The topological polar surface area (TPSA) is 0 Å². The monoisotopic (exact) mass is 136 g/mol. The number of rotatable bonds is 1. The van der Waals surface area contributed by atoms with E-state index in [4.69, 9.17) is 0 Å². The molecule has 0 aliphatic heterocycles. The van der Waals surface area contributed by atoms with Gasteiger partial charge in [-0.3, -0.25) is 0 Å². The van der Waals surface area contributed by atoms with E-state index in [1.807, 2.05) is 0 Å². The van der Waals surface area contributed by atoms with E-state index in [2.05, 4.69) is 32.6 Å². The molecule has 56 valence electrons. The molecule has 2 unspecified atom stereocenters. The van der Waals surface area contributed by atoms with E-state index in [0.29, 0.717) is 5.92 Å². The lowest BCUT2D eigenvalue weighted by atomic mass is 9.80. The molecule has 1 rings (SSSR count). The second-order valence-electron chi connectivity index (χ2n) is 3.26. The van der Waals surface area contributed by atoms with Crippen molar-refractivity contribution in [1.29, 1.82) is 0 Å². The van der Waals surface area contributed by atoms with E-state index in [-0.39, 0.29) is 0 Å². The van der Waals surface area contributed by atoms with Crippen LogP contribution in [0.25, 0.3) is 0 Å². The van der Waals surface area contributed by atoms with Gasteiger partial charge in [0.1, 0.15) is 0 Å². The minimum absolute atomic E-state index is 0.647. The Morgan fingerprint density at radius 1 is 1.70 bits per heavy atom. The molecule has 0 aromatic heterocycles. The molecule has 0 fully saturated rings. The molecule has 0 aromatic carbocycles. The highest BCUT2D eigenvalue weighted by Gasteiger charge is 2.17. The molecule has 1 aliphatic rings. The predicted molar refractivity (Wildman–Crippen MR) is 45.8 cm³/mol. The lowest BCUT2D eigenvalue weighted by molar-refractivity contribution is 0.427. The first-order valence-corrected chi connectivity index (χ1v) is 4.05. The van der Waals surface area contributed by atoms with Crippen LogP contribution in [0.15, 0.2) is 24.3 Å². The lowest BCUT2D eigenvalue weighted by Crippen LogP contribution is -2.13. The zero-order valence-electron chi connectivity index (χ0n) is 6.93. The Balaban J connectivity index is 2.72. The van der Waals surface area contributed by atoms with E-state index in [1.165, 1.54) is 18.4 Å². The minimum atomic E-state index is 0.647. The normalized spacial score (nSPS) is 33.2. The third kappa shape index (κ3) is 1.31. The summed E-state index contributed by atoms with van der Waals surface area (Å²) in [6, 6.07) is 0. The van der Waals surface area contributed by atoms with Gasteiger partial charge in [-0.1, -0.05) is 24.6 Å². The standard InChI is InChI=1S/C10H16/c1-4-10-8(2)6-5-7-9(10)3/h4,6,9-10H,1,5,7H2,2-3H3. The van der Waals surface area contributed by atoms with Crippen LogP contribution in [0, 0.1) is 11.8 Å². The maximum absolute atomic E-state index is 3.84. The molecule has 0 amide bonds. The molecule has 0 aromatic rings. The summed E-state index contributed by atoms with van der Waals surface area (Å²) in [5.74, 6) is 1.45. The zero-order valence-corrected chi connectivity index (χ0v) is 6.93. The van der Waals surface area contributed by atoms with Gasteiger partial charge >= 0.3 is 0 Å². The first-order chi connectivity index (χ1) is 4.75. The summed E-state index contributed by atoms with van der Waals surface area (Å²) in [5.41, 5.74) is 1.51.